The van der Waals surface area contributed by atoms with Crippen molar-refractivity contribution in [3.63, 3.8) is 0 Å². The van der Waals surface area contributed by atoms with E-state index in [1.807, 2.05) is 0 Å². The van der Waals surface area contributed by atoms with Crippen molar-refractivity contribution in [2.45, 2.75) is 6.92 Å². The van der Waals surface area contributed by atoms with E-state index in [4.69, 9.17) is 11.5 Å². The van der Waals surface area contributed by atoms with Gasteiger partial charge in [0.2, 0.25) is 0 Å². The van der Waals surface area contributed by atoms with Crippen molar-refractivity contribution in [3.05, 3.63) is 35.6 Å². The van der Waals surface area contributed by atoms with Crippen LogP contribution in [0.3, 0.4) is 0 Å². The quantitative estimate of drug-likeness (QED) is 0.318. The standard InChI is InChI=1S/C9H11FN4/c1-6(13-14-9(11)12)7-2-4-8(10)5-3-7/h2-5H,1H3,(H4,11,12,14)/p+1/b13-6-. The maximum absolute atomic E-state index is 12.6. The van der Waals surface area contributed by atoms with Crippen LogP contribution in [0.15, 0.2) is 29.4 Å². The minimum atomic E-state index is -0.278. The molecule has 0 aliphatic heterocycles. The molecular formula is C9H12FN4+. The van der Waals surface area contributed by atoms with E-state index in [9.17, 15) is 4.39 Å². The molecule has 0 atom stereocenters. The van der Waals surface area contributed by atoms with E-state index < -0.39 is 0 Å². The lowest BCUT2D eigenvalue weighted by Crippen LogP contribution is -2.72. The predicted octanol–water partition coefficient (Wildman–Crippen LogP) is -1.10. The Labute approximate surface area is 81.1 Å². The Kier molecular flexibility index (Phi) is 3.17. The summed E-state index contributed by atoms with van der Waals surface area (Å²) >= 11 is 0. The number of guanidine groups is 1. The van der Waals surface area contributed by atoms with E-state index in [-0.39, 0.29) is 11.8 Å². The first kappa shape index (κ1) is 10.2. The van der Waals surface area contributed by atoms with Gasteiger partial charge >= 0.3 is 5.96 Å². The van der Waals surface area contributed by atoms with E-state index in [0.717, 1.165) is 5.56 Å². The summed E-state index contributed by atoms with van der Waals surface area (Å²) in [5, 5.41) is 6.31. The van der Waals surface area contributed by atoms with E-state index in [0.29, 0.717) is 5.71 Å². The van der Waals surface area contributed by atoms with Crippen molar-refractivity contribution >= 4 is 11.7 Å². The molecule has 0 aromatic heterocycles. The summed E-state index contributed by atoms with van der Waals surface area (Å²) in [7, 11) is 0. The number of hydrogen-bond acceptors (Lipinski definition) is 1. The van der Waals surface area contributed by atoms with E-state index in [1.165, 1.54) is 12.1 Å². The second-order valence-electron chi connectivity index (χ2n) is 2.77. The number of nitrogens with two attached hydrogens (primary N) is 2. The van der Waals surface area contributed by atoms with Crippen LogP contribution in [0.2, 0.25) is 0 Å². The third kappa shape index (κ3) is 2.85. The molecule has 0 aliphatic rings. The van der Waals surface area contributed by atoms with Crippen LogP contribution in [-0.4, -0.2) is 11.7 Å². The van der Waals surface area contributed by atoms with Gasteiger partial charge in [-0.15, -0.1) is 5.10 Å². The summed E-state index contributed by atoms with van der Waals surface area (Å²) in [5.41, 5.74) is 11.8. The molecule has 0 unspecified atom stereocenters. The highest BCUT2D eigenvalue weighted by atomic mass is 19.1. The van der Waals surface area contributed by atoms with Crippen LogP contribution < -0.4 is 16.6 Å². The molecule has 14 heavy (non-hydrogen) atoms. The molecule has 1 aromatic rings. The highest BCUT2D eigenvalue weighted by molar-refractivity contribution is 5.98. The van der Waals surface area contributed by atoms with Crippen molar-refractivity contribution < 1.29 is 9.49 Å². The molecule has 1 rings (SSSR count). The number of hydrazone groups is 1. The van der Waals surface area contributed by atoms with Crippen LogP contribution in [0.25, 0.3) is 0 Å². The molecule has 74 valence electrons. The lowest BCUT2D eigenvalue weighted by atomic mass is 10.1. The number of nitrogens with zero attached hydrogens (tertiary/aromatic N) is 1. The zero-order chi connectivity index (χ0) is 10.6. The molecule has 0 saturated heterocycles. The predicted molar refractivity (Wildman–Crippen MR) is 53.0 cm³/mol. The monoisotopic (exact) mass is 195 g/mol. The number of halogens is 1. The number of hydrogen-bond donors (Lipinski definition) is 3. The van der Waals surface area contributed by atoms with Gasteiger partial charge in [-0.1, -0.05) is 12.1 Å². The van der Waals surface area contributed by atoms with Crippen molar-refractivity contribution in [2.75, 3.05) is 0 Å². The van der Waals surface area contributed by atoms with Gasteiger partial charge in [-0.2, -0.15) is 5.10 Å². The lowest BCUT2D eigenvalue weighted by molar-refractivity contribution is -0.464. The first-order valence-electron chi connectivity index (χ1n) is 4.03. The minimum absolute atomic E-state index is 0.0199. The molecule has 0 radical (unpaired) electrons. The Balaban J connectivity index is 2.89. The van der Waals surface area contributed by atoms with E-state index in [1.54, 1.807) is 19.1 Å². The van der Waals surface area contributed by atoms with Crippen molar-refractivity contribution in [1.29, 1.82) is 0 Å². The molecule has 1 aromatic carbocycles. The normalized spacial score (nSPS) is 11.1. The van der Waals surface area contributed by atoms with Crippen LogP contribution in [-0.2, 0) is 0 Å². The van der Waals surface area contributed by atoms with Crippen LogP contribution >= 0.6 is 0 Å². The second-order valence-corrected chi connectivity index (χ2v) is 2.77. The third-order valence-electron chi connectivity index (χ3n) is 1.61. The fourth-order valence-electron chi connectivity index (χ4n) is 0.904. The molecule has 4 nitrogen and oxygen atoms in total. The summed E-state index contributed by atoms with van der Waals surface area (Å²) in [6.45, 7) is 1.77. The average molecular weight is 195 g/mol. The maximum atomic E-state index is 12.6. The fourth-order valence-corrected chi connectivity index (χ4v) is 0.904. The molecular weight excluding hydrogens is 183 g/mol. The van der Waals surface area contributed by atoms with Crippen molar-refractivity contribution in [2.24, 2.45) is 16.6 Å². The molecule has 0 spiro atoms. The third-order valence-corrected chi connectivity index (χ3v) is 1.61. The second kappa shape index (κ2) is 4.36. The molecule has 0 heterocycles. The van der Waals surface area contributed by atoms with Crippen molar-refractivity contribution in [1.82, 2.24) is 0 Å². The number of rotatable bonds is 2. The van der Waals surface area contributed by atoms with Gasteiger partial charge in [-0.25, -0.2) is 4.39 Å². The highest BCUT2D eigenvalue weighted by Crippen LogP contribution is 2.02. The lowest BCUT2D eigenvalue weighted by Gasteiger charge is -1.96. The van der Waals surface area contributed by atoms with Gasteiger partial charge in [0, 0.05) is 0 Å². The summed E-state index contributed by atoms with van der Waals surface area (Å²) in [6, 6.07) is 5.98. The van der Waals surface area contributed by atoms with Crippen molar-refractivity contribution in [3.8, 4) is 0 Å². The molecule has 0 saturated carbocycles. The van der Waals surface area contributed by atoms with Crippen LogP contribution in [0, 0.1) is 5.82 Å². The smallest absolute Gasteiger partial charge is 0.289 e. The van der Waals surface area contributed by atoms with Gasteiger partial charge in [0.15, 0.2) is 0 Å². The Bertz CT molecular complexity index is 363. The van der Waals surface area contributed by atoms with Gasteiger partial charge in [0.25, 0.3) is 0 Å². The average Bonchev–Trinajstić information content (AvgIpc) is 2.15. The fraction of sp³-hybridized carbons (Fsp3) is 0.111. The molecule has 5 heteroatoms. The largest absolute Gasteiger partial charge is 0.362 e. The summed E-state index contributed by atoms with van der Waals surface area (Å²) in [6.07, 6.45) is 0. The highest BCUT2D eigenvalue weighted by Gasteiger charge is 1.97. The van der Waals surface area contributed by atoms with Crippen LogP contribution in [0.1, 0.15) is 12.5 Å². The molecule has 0 amide bonds. The Morgan fingerprint density at radius 3 is 2.36 bits per heavy atom. The first-order valence-corrected chi connectivity index (χ1v) is 4.03. The Morgan fingerprint density at radius 2 is 1.86 bits per heavy atom. The van der Waals surface area contributed by atoms with Crippen LogP contribution in [0.4, 0.5) is 4.39 Å². The molecule has 0 aliphatic carbocycles. The summed E-state index contributed by atoms with van der Waals surface area (Å²) in [4.78, 5) is 0. The van der Waals surface area contributed by atoms with E-state index in [2.05, 4.69) is 10.2 Å². The number of nitrogens with one attached hydrogen (secondary N) is 1. The Morgan fingerprint density at radius 1 is 1.29 bits per heavy atom. The van der Waals surface area contributed by atoms with Gasteiger partial charge in [0.05, 0.1) is 5.71 Å². The Hall–Kier alpha value is -1.91. The minimum Gasteiger partial charge on any atom is -0.289 e. The molecule has 0 bridgehead atoms. The first-order chi connectivity index (χ1) is 6.59. The van der Waals surface area contributed by atoms with Crippen LogP contribution in [0.5, 0.6) is 0 Å². The maximum Gasteiger partial charge on any atom is 0.362 e. The van der Waals surface area contributed by atoms with Gasteiger partial charge in [-0.3, -0.25) is 11.5 Å². The SMILES string of the molecule is C/C(=N/[NH+]=C(N)N)c1ccc(F)cc1. The zero-order valence-corrected chi connectivity index (χ0v) is 7.79. The van der Waals surface area contributed by atoms with E-state index >= 15 is 0 Å². The van der Waals surface area contributed by atoms with Gasteiger partial charge in [-0.05, 0) is 24.6 Å². The number of benzene rings is 1. The molecule has 5 N–H and O–H groups in total. The van der Waals surface area contributed by atoms with Gasteiger partial charge in [0.1, 0.15) is 5.82 Å². The summed E-state index contributed by atoms with van der Waals surface area (Å²) < 4.78 is 12.6. The molecule has 0 fully saturated rings. The zero-order valence-electron chi connectivity index (χ0n) is 7.79. The van der Waals surface area contributed by atoms with Gasteiger partial charge < -0.3 is 0 Å². The topological polar surface area (TPSA) is 78.4 Å². The summed E-state index contributed by atoms with van der Waals surface area (Å²) in [5.74, 6) is -0.258.